The Morgan fingerprint density at radius 2 is 1.71 bits per heavy atom. The smallest absolute Gasteiger partial charge is 0.267 e. The van der Waals surface area contributed by atoms with Crippen molar-refractivity contribution in [1.29, 1.82) is 0 Å². The van der Waals surface area contributed by atoms with Crippen LogP contribution in [0.2, 0.25) is 0 Å². The Bertz CT molecular complexity index is 1570. The van der Waals surface area contributed by atoms with Crippen molar-refractivity contribution in [1.82, 2.24) is 24.5 Å². The molecule has 0 atom stereocenters. The van der Waals surface area contributed by atoms with Crippen molar-refractivity contribution in [2.45, 2.75) is 71.0 Å². The van der Waals surface area contributed by atoms with Gasteiger partial charge in [0.05, 0.1) is 34.8 Å². The summed E-state index contributed by atoms with van der Waals surface area (Å²) in [7, 11) is 1.39. The number of pyridine rings is 1. The van der Waals surface area contributed by atoms with Gasteiger partial charge in [-0.1, -0.05) is 31.4 Å². The van der Waals surface area contributed by atoms with Gasteiger partial charge in [-0.2, -0.15) is 23.4 Å². The van der Waals surface area contributed by atoms with Crippen LogP contribution in [-0.2, 0) is 19.8 Å². The third-order valence-corrected chi connectivity index (χ3v) is 7.25. The minimum absolute atomic E-state index is 0.0837. The third-order valence-electron chi connectivity index (χ3n) is 7.25. The van der Waals surface area contributed by atoms with E-state index in [1.807, 2.05) is 13.0 Å². The number of rotatable bonds is 5. The quantitative estimate of drug-likeness (QED) is 0.225. The van der Waals surface area contributed by atoms with Gasteiger partial charge in [0, 0.05) is 18.8 Å². The van der Waals surface area contributed by atoms with Crippen LogP contribution in [0.15, 0.2) is 53.5 Å². The number of hydrogen-bond donors (Lipinski definition) is 0. The molecule has 42 heavy (non-hydrogen) atoms. The number of halogens is 6. The van der Waals surface area contributed by atoms with Crippen molar-refractivity contribution in [3.8, 4) is 11.3 Å². The van der Waals surface area contributed by atoms with Gasteiger partial charge in [0.15, 0.2) is 0 Å². The lowest BCUT2D eigenvalue weighted by molar-refractivity contribution is -0.138. The molecule has 5 rings (SSSR count). The van der Waals surface area contributed by atoms with E-state index in [-0.39, 0.29) is 34.4 Å². The maximum absolute atomic E-state index is 13.9. The molecule has 0 bridgehead atoms. The van der Waals surface area contributed by atoms with Crippen molar-refractivity contribution in [2.24, 2.45) is 7.05 Å². The summed E-state index contributed by atoms with van der Waals surface area (Å²) in [6.07, 6.45) is -1.98. The van der Waals surface area contributed by atoms with Gasteiger partial charge in [0.1, 0.15) is 11.5 Å². The first kappa shape index (κ1) is 31.0. The number of alkyl halides is 5. The second-order valence-electron chi connectivity index (χ2n) is 10.3. The van der Waals surface area contributed by atoms with E-state index in [1.165, 1.54) is 37.5 Å². The van der Waals surface area contributed by atoms with E-state index >= 15 is 0 Å². The summed E-state index contributed by atoms with van der Waals surface area (Å²) in [6.45, 7) is 2.88. The molecule has 1 fully saturated rings. The Balaban J connectivity index is 0.000000437. The van der Waals surface area contributed by atoms with Crippen LogP contribution in [-0.4, -0.2) is 24.5 Å². The second-order valence-corrected chi connectivity index (χ2v) is 10.3. The van der Waals surface area contributed by atoms with Crippen LogP contribution in [0.1, 0.15) is 78.2 Å². The predicted octanol–water partition coefficient (Wildman–Crippen LogP) is 7.53. The molecular weight excluding hydrogens is 560 g/mol. The van der Waals surface area contributed by atoms with E-state index in [0.29, 0.717) is 11.3 Å². The van der Waals surface area contributed by atoms with Crippen LogP contribution in [0.5, 0.6) is 0 Å². The van der Waals surface area contributed by atoms with E-state index in [2.05, 4.69) is 15.2 Å². The minimum Gasteiger partial charge on any atom is -0.267 e. The SMILES string of the molecule is Cc1cccc(F)c1.Cc1nn(C)c(C(F)F)c1-c1cc(C2CCCCC2)c(=O)n(Cc2ncccc2C(F)(F)F)n1. The van der Waals surface area contributed by atoms with Gasteiger partial charge in [-0.25, -0.2) is 17.9 Å². The van der Waals surface area contributed by atoms with Crippen molar-refractivity contribution < 1.29 is 26.3 Å². The molecule has 4 aromatic rings. The zero-order valence-electron chi connectivity index (χ0n) is 23.4. The monoisotopic (exact) mass is 591 g/mol. The van der Waals surface area contributed by atoms with E-state index in [0.717, 1.165) is 53.1 Å². The average molecular weight is 592 g/mol. The molecule has 224 valence electrons. The first-order valence-corrected chi connectivity index (χ1v) is 13.5. The van der Waals surface area contributed by atoms with E-state index in [9.17, 15) is 31.1 Å². The molecule has 12 heteroatoms. The highest BCUT2D eigenvalue weighted by Gasteiger charge is 2.34. The summed E-state index contributed by atoms with van der Waals surface area (Å²) >= 11 is 0. The Morgan fingerprint density at radius 1 is 1.00 bits per heavy atom. The highest BCUT2D eigenvalue weighted by molar-refractivity contribution is 5.65. The van der Waals surface area contributed by atoms with Gasteiger partial charge >= 0.3 is 6.18 Å². The fourth-order valence-corrected chi connectivity index (χ4v) is 5.31. The zero-order valence-corrected chi connectivity index (χ0v) is 23.4. The highest BCUT2D eigenvalue weighted by Crippen LogP contribution is 2.36. The largest absolute Gasteiger partial charge is 0.418 e. The summed E-state index contributed by atoms with van der Waals surface area (Å²) in [6, 6.07) is 10.1. The predicted molar refractivity (Wildman–Crippen MR) is 146 cm³/mol. The molecule has 1 aromatic carbocycles. The topological polar surface area (TPSA) is 65.6 Å². The second kappa shape index (κ2) is 12.9. The summed E-state index contributed by atoms with van der Waals surface area (Å²) in [5.74, 6) is -0.281. The fraction of sp³-hybridized carbons (Fsp3) is 0.400. The summed E-state index contributed by atoms with van der Waals surface area (Å²) < 4.78 is 82.4. The fourth-order valence-electron chi connectivity index (χ4n) is 5.31. The van der Waals surface area contributed by atoms with Crippen LogP contribution >= 0.6 is 0 Å². The molecule has 3 heterocycles. The van der Waals surface area contributed by atoms with Crippen molar-refractivity contribution in [2.75, 3.05) is 0 Å². The molecule has 0 amide bonds. The molecule has 0 radical (unpaired) electrons. The molecular formula is C30H31F6N5O. The molecule has 0 unspecified atom stereocenters. The maximum atomic E-state index is 13.9. The molecule has 0 aliphatic heterocycles. The number of benzene rings is 1. The molecule has 6 nitrogen and oxygen atoms in total. The number of aryl methyl sites for hydroxylation is 3. The van der Waals surface area contributed by atoms with Crippen LogP contribution in [0.4, 0.5) is 26.3 Å². The standard InChI is InChI=1S/C23H24F5N5O.C7H7F/c1-13-19(20(21(24)25)32(2)30-13)17-11-15(14-7-4-3-5-8-14)22(34)33(31-17)12-18-16(23(26,27)28)9-6-10-29-18;1-6-3-2-4-7(8)5-6/h6,9-11,14,21H,3-5,7-8,12H2,1-2H3;2-5H,1H3. The lowest BCUT2D eigenvalue weighted by atomic mass is 9.84. The molecule has 1 aliphatic carbocycles. The summed E-state index contributed by atoms with van der Waals surface area (Å²) in [5, 5.41) is 8.33. The highest BCUT2D eigenvalue weighted by atomic mass is 19.4. The number of aromatic nitrogens is 5. The minimum atomic E-state index is -4.67. The third kappa shape index (κ3) is 7.08. The zero-order chi connectivity index (χ0) is 30.6. The molecule has 1 saturated carbocycles. The molecule has 3 aromatic heterocycles. The van der Waals surface area contributed by atoms with Crippen LogP contribution in [0, 0.1) is 19.7 Å². The first-order chi connectivity index (χ1) is 19.9. The maximum Gasteiger partial charge on any atom is 0.418 e. The van der Waals surface area contributed by atoms with Gasteiger partial charge in [0.25, 0.3) is 12.0 Å². The molecule has 1 aliphatic rings. The lowest BCUT2D eigenvalue weighted by Crippen LogP contribution is -2.30. The molecule has 0 spiro atoms. The van der Waals surface area contributed by atoms with E-state index < -0.39 is 30.3 Å². The Kier molecular flexibility index (Phi) is 9.53. The normalized spacial score (nSPS) is 14.1. The van der Waals surface area contributed by atoms with Crippen LogP contribution in [0.3, 0.4) is 0 Å². The number of hydrogen-bond acceptors (Lipinski definition) is 4. The Labute approximate surface area is 239 Å². The summed E-state index contributed by atoms with van der Waals surface area (Å²) in [4.78, 5) is 17.2. The average Bonchev–Trinajstić information content (AvgIpc) is 3.24. The van der Waals surface area contributed by atoms with E-state index in [4.69, 9.17) is 0 Å². The van der Waals surface area contributed by atoms with Gasteiger partial charge in [-0.05, 0) is 68.5 Å². The number of nitrogens with zero attached hydrogens (tertiary/aromatic N) is 5. The van der Waals surface area contributed by atoms with Gasteiger partial charge in [-0.3, -0.25) is 14.5 Å². The van der Waals surface area contributed by atoms with Crippen molar-refractivity contribution in [3.63, 3.8) is 0 Å². The summed E-state index contributed by atoms with van der Waals surface area (Å²) in [5.41, 5.74) is -0.437. The van der Waals surface area contributed by atoms with Crippen molar-refractivity contribution >= 4 is 0 Å². The van der Waals surface area contributed by atoms with Crippen molar-refractivity contribution in [3.05, 3.63) is 98.6 Å². The molecule has 0 N–H and O–H groups in total. The Morgan fingerprint density at radius 3 is 2.31 bits per heavy atom. The van der Waals surface area contributed by atoms with Gasteiger partial charge in [-0.15, -0.1) is 0 Å². The van der Waals surface area contributed by atoms with Crippen LogP contribution < -0.4 is 5.56 Å². The van der Waals surface area contributed by atoms with Crippen LogP contribution in [0.25, 0.3) is 11.3 Å². The Hall–Kier alpha value is -3.96. The lowest BCUT2D eigenvalue weighted by Gasteiger charge is -2.23. The first-order valence-electron chi connectivity index (χ1n) is 13.5. The van der Waals surface area contributed by atoms with Gasteiger partial charge in [0.2, 0.25) is 0 Å². The molecule has 0 saturated heterocycles. The van der Waals surface area contributed by atoms with E-state index in [1.54, 1.807) is 13.0 Å². The van der Waals surface area contributed by atoms with Gasteiger partial charge < -0.3 is 0 Å².